The van der Waals surface area contributed by atoms with E-state index in [0.717, 1.165) is 5.56 Å². The number of nitro benzene ring substituents is 1. The number of nitrogens with zero attached hydrogens (tertiary/aromatic N) is 2. The van der Waals surface area contributed by atoms with E-state index in [4.69, 9.17) is 9.47 Å². The normalized spacial score (nSPS) is 10.4. The molecule has 138 valence electrons. The molecule has 2 aromatic carbocycles. The molecule has 0 saturated heterocycles. The molecule has 0 unspecified atom stereocenters. The smallest absolute Gasteiger partial charge is 0.311 e. The van der Waals surface area contributed by atoms with Crippen LogP contribution < -0.4 is 4.74 Å². The van der Waals surface area contributed by atoms with Crippen LogP contribution in [0.25, 0.3) is 0 Å². The number of carbonyl (C=O) groups excluding carboxylic acids is 1. The number of carbonyl (C=O) groups is 1. The molecule has 0 N–H and O–H groups in total. The maximum Gasteiger partial charge on any atom is 0.311 e. The summed E-state index contributed by atoms with van der Waals surface area (Å²) in [6.07, 6.45) is 0. The Hall–Kier alpha value is -2.93. The Labute approximate surface area is 152 Å². The topological polar surface area (TPSA) is 81.9 Å². The van der Waals surface area contributed by atoms with E-state index in [9.17, 15) is 14.9 Å². The fraction of sp³-hybridized carbons (Fsp3) is 0.316. The summed E-state index contributed by atoms with van der Waals surface area (Å²) in [5.74, 6) is -0.141. The van der Waals surface area contributed by atoms with Gasteiger partial charge in [0, 0.05) is 31.8 Å². The van der Waals surface area contributed by atoms with Crippen molar-refractivity contribution in [1.82, 2.24) is 4.90 Å². The second-order valence-corrected chi connectivity index (χ2v) is 5.58. The monoisotopic (exact) mass is 358 g/mol. The Morgan fingerprint density at radius 2 is 1.92 bits per heavy atom. The molecular weight excluding hydrogens is 336 g/mol. The first-order valence-electron chi connectivity index (χ1n) is 8.30. The van der Waals surface area contributed by atoms with E-state index >= 15 is 0 Å². The number of methoxy groups -OCH3 is 1. The Kier molecular flexibility index (Phi) is 7.11. The number of hydrogen-bond donors (Lipinski definition) is 0. The van der Waals surface area contributed by atoms with Crippen LogP contribution in [0.1, 0.15) is 22.8 Å². The lowest BCUT2D eigenvalue weighted by molar-refractivity contribution is -0.385. The summed E-state index contributed by atoms with van der Waals surface area (Å²) < 4.78 is 10.4. The lowest BCUT2D eigenvalue weighted by Gasteiger charge is -2.22. The van der Waals surface area contributed by atoms with Crippen molar-refractivity contribution in [2.24, 2.45) is 0 Å². The molecule has 0 aliphatic rings. The van der Waals surface area contributed by atoms with Crippen LogP contribution in [0.2, 0.25) is 0 Å². The van der Waals surface area contributed by atoms with Gasteiger partial charge in [0.25, 0.3) is 5.91 Å². The third kappa shape index (κ3) is 5.03. The van der Waals surface area contributed by atoms with Gasteiger partial charge in [-0.05, 0) is 24.6 Å². The number of nitro groups is 1. The molecule has 0 bridgehead atoms. The van der Waals surface area contributed by atoms with Crippen LogP contribution in [-0.2, 0) is 11.3 Å². The molecule has 2 rings (SSSR count). The minimum atomic E-state index is -0.543. The van der Waals surface area contributed by atoms with E-state index in [1.54, 1.807) is 25.0 Å². The standard InChI is InChI=1S/C19H22N2O5/c1-3-26-18-10-9-16(13-17(18)21(23)24)19(22)20(11-12-25-2)14-15-7-5-4-6-8-15/h4-10,13H,3,11-12,14H2,1-2H3. The fourth-order valence-corrected chi connectivity index (χ4v) is 2.51. The van der Waals surface area contributed by atoms with Gasteiger partial charge >= 0.3 is 5.69 Å². The number of amides is 1. The molecule has 0 saturated carbocycles. The molecule has 0 fully saturated rings. The van der Waals surface area contributed by atoms with E-state index in [2.05, 4.69) is 0 Å². The van der Waals surface area contributed by atoms with E-state index in [1.165, 1.54) is 12.1 Å². The molecule has 0 aromatic heterocycles. The number of ether oxygens (including phenoxy) is 2. The highest BCUT2D eigenvalue weighted by Gasteiger charge is 2.22. The molecule has 26 heavy (non-hydrogen) atoms. The van der Waals surface area contributed by atoms with Crippen LogP contribution in [0.4, 0.5) is 5.69 Å². The maximum absolute atomic E-state index is 12.9. The highest BCUT2D eigenvalue weighted by molar-refractivity contribution is 5.95. The average Bonchev–Trinajstić information content (AvgIpc) is 2.65. The van der Waals surface area contributed by atoms with Crippen molar-refractivity contribution in [1.29, 1.82) is 0 Å². The molecule has 7 heteroatoms. The van der Waals surface area contributed by atoms with Crippen molar-refractivity contribution in [2.75, 3.05) is 26.9 Å². The third-order valence-corrected chi connectivity index (χ3v) is 3.77. The maximum atomic E-state index is 12.9. The molecule has 7 nitrogen and oxygen atoms in total. The summed E-state index contributed by atoms with van der Waals surface area (Å²) in [5.41, 5.74) is 0.994. The van der Waals surface area contributed by atoms with Crippen LogP contribution in [0, 0.1) is 10.1 Å². The molecule has 0 heterocycles. The largest absolute Gasteiger partial charge is 0.487 e. The Morgan fingerprint density at radius 3 is 2.54 bits per heavy atom. The average molecular weight is 358 g/mol. The Morgan fingerprint density at radius 1 is 1.19 bits per heavy atom. The zero-order chi connectivity index (χ0) is 18.9. The molecular formula is C19H22N2O5. The molecule has 0 radical (unpaired) electrons. The molecule has 0 aliphatic carbocycles. The minimum absolute atomic E-state index is 0.153. The van der Waals surface area contributed by atoms with Gasteiger partial charge in [-0.3, -0.25) is 14.9 Å². The van der Waals surface area contributed by atoms with Crippen molar-refractivity contribution in [3.63, 3.8) is 0 Å². The third-order valence-electron chi connectivity index (χ3n) is 3.77. The van der Waals surface area contributed by atoms with E-state index in [1.807, 2.05) is 30.3 Å². The van der Waals surface area contributed by atoms with Crippen LogP contribution >= 0.6 is 0 Å². The van der Waals surface area contributed by atoms with Gasteiger partial charge in [-0.2, -0.15) is 0 Å². The van der Waals surface area contributed by atoms with Crippen molar-refractivity contribution >= 4 is 11.6 Å². The lowest BCUT2D eigenvalue weighted by Crippen LogP contribution is -2.33. The molecule has 0 spiro atoms. The number of benzene rings is 2. The van der Waals surface area contributed by atoms with Gasteiger partial charge in [0.05, 0.1) is 18.1 Å². The lowest BCUT2D eigenvalue weighted by atomic mass is 10.1. The Balaban J connectivity index is 2.29. The zero-order valence-corrected chi connectivity index (χ0v) is 14.9. The van der Waals surface area contributed by atoms with Crippen molar-refractivity contribution in [3.05, 3.63) is 69.8 Å². The van der Waals surface area contributed by atoms with Crippen molar-refractivity contribution in [3.8, 4) is 5.75 Å². The van der Waals surface area contributed by atoms with Crippen LogP contribution in [-0.4, -0.2) is 42.6 Å². The van der Waals surface area contributed by atoms with Gasteiger partial charge in [0.1, 0.15) is 0 Å². The van der Waals surface area contributed by atoms with Crippen molar-refractivity contribution < 1.29 is 19.2 Å². The molecule has 2 aromatic rings. The first-order chi connectivity index (χ1) is 12.6. The van der Waals surface area contributed by atoms with Crippen LogP contribution in [0.5, 0.6) is 5.75 Å². The van der Waals surface area contributed by atoms with E-state index < -0.39 is 4.92 Å². The number of hydrogen-bond acceptors (Lipinski definition) is 5. The summed E-state index contributed by atoms with van der Waals surface area (Å²) in [5, 5.41) is 11.3. The van der Waals surface area contributed by atoms with Crippen LogP contribution in [0.15, 0.2) is 48.5 Å². The second-order valence-electron chi connectivity index (χ2n) is 5.58. The summed E-state index contributed by atoms with van der Waals surface area (Å²) in [7, 11) is 1.56. The van der Waals surface area contributed by atoms with Crippen molar-refractivity contribution in [2.45, 2.75) is 13.5 Å². The highest BCUT2D eigenvalue weighted by atomic mass is 16.6. The van der Waals surface area contributed by atoms with Gasteiger partial charge in [-0.25, -0.2) is 0 Å². The predicted molar refractivity (Wildman–Crippen MR) is 97.3 cm³/mol. The quantitative estimate of drug-likeness (QED) is 0.507. The summed E-state index contributed by atoms with van der Waals surface area (Å²) in [6, 6.07) is 13.8. The fourth-order valence-electron chi connectivity index (χ4n) is 2.51. The van der Waals surface area contributed by atoms with E-state index in [0.29, 0.717) is 26.3 Å². The molecule has 1 amide bonds. The molecule has 0 aliphatic heterocycles. The SMILES string of the molecule is CCOc1ccc(C(=O)N(CCOC)Cc2ccccc2)cc1[N+](=O)[O-]. The van der Waals surface area contributed by atoms with Gasteiger partial charge in [0.15, 0.2) is 5.75 Å². The minimum Gasteiger partial charge on any atom is -0.487 e. The second kappa shape index (κ2) is 9.53. The highest BCUT2D eigenvalue weighted by Crippen LogP contribution is 2.28. The van der Waals surface area contributed by atoms with Gasteiger partial charge < -0.3 is 14.4 Å². The first-order valence-corrected chi connectivity index (χ1v) is 8.30. The first kappa shape index (κ1) is 19.4. The summed E-state index contributed by atoms with van der Waals surface area (Å²) >= 11 is 0. The Bertz CT molecular complexity index is 749. The van der Waals surface area contributed by atoms with Crippen LogP contribution in [0.3, 0.4) is 0 Å². The summed E-state index contributed by atoms with van der Waals surface area (Å²) in [4.78, 5) is 25.3. The zero-order valence-electron chi connectivity index (χ0n) is 14.9. The van der Waals surface area contributed by atoms with Gasteiger partial charge in [0.2, 0.25) is 0 Å². The van der Waals surface area contributed by atoms with E-state index in [-0.39, 0.29) is 22.9 Å². The number of rotatable bonds is 9. The predicted octanol–water partition coefficient (Wildman–Crippen LogP) is 3.28. The molecule has 0 atom stereocenters. The summed E-state index contributed by atoms with van der Waals surface area (Å²) in [6.45, 7) is 3.20. The van der Waals surface area contributed by atoms with Gasteiger partial charge in [-0.1, -0.05) is 30.3 Å². The van der Waals surface area contributed by atoms with Gasteiger partial charge in [-0.15, -0.1) is 0 Å².